The van der Waals surface area contributed by atoms with Crippen LogP contribution in [-0.2, 0) is 0 Å². The lowest BCUT2D eigenvalue weighted by atomic mass is 10.1. The Labute approximate surface area is 124 Å². The molecule has 0 aliphatic carbocycles. The van der Waals surface area contributed by atoms with Gasteiger partial charge in [0.1, 0.15) is 0 Å². The molecule has 1 rings (SSSR count). The SMILES string of the molecule is CC(C)CC(O)CNC(=O)c1cccc(SCC#N)c1. The zero-order valence-electron chi connectivity index (χ0n) is 11.8. The molecule has 0 aliphatic heterocycles. The molecular weight excluding hydrogens is 272 g/mol. The Morgan fingerprint density at radius 2 is 2.25 bits per heavy atom. The Kier molecular flexibility index (Phi) is 7.13. The fraction of sp³-hybridized carbons (Fsp3) is 0.467. The van der Waals surface area contributed by atoms with E-state index in [9.17, 15) is 9.90 Å². The average Bonchev–Trinajstić information content (AvgIpc) is 2.42. The Hall–Kier alpha value is -1.51. The Balaban J connectivity index is 2.53. The van der Waals surface area contributed by atoms with Gasteiger partial charge in [-0.15, -0.1) is 11.8 Å². The molecule has 0 bridgehead atoms. The van der Waals surface area contributed by atoms with Crippen molar-refractivity contribution in [3.05, 3.63) is 29.8 Å². The molecule has 1 aromatic rings. The van der Waals surface area contributed by atoms with Gasteiger partial charge in [0.2, 0.25) is 0 Å². The van der Waals surface area contributed by atoms with Gasteiger partial charge in [-0.25, -0.2) is 0 Å². The van der Waals surface area contributed by atoms with E-state index in [-0.39, 0.29) is 12.5 Å². The maximum absolute atomic E-state index is 12.0. The number of aliphatic hydroxyl groups excluding tert-OH is 1. The molecule has 0 aromatic heterocycles. The maximum Gasteiger partial charge on any atom is 0.251 e. The zero-order chi connectivity index (χ0) is 15.0. The second-order valence-electron chi connectivity index (χ2n) is 4.97. The molecule has 0 saturated heterocycles. The quantitative estimate of drug-likeness (QED) is 0.757. The van der Waals surface area contributed by atoms with E-state index in [1.54, 1.807) is 18.2 Å². The Morgan fingerprint density at radius 1 is 1.50 bits per heavy atom. The number of rotatable bonds is 7. The predicted octanol–water partition coefficient (Wildman–Crippen LogP) is 2.44. The largest absolute Gasteiger partial charge is 0.391 e. The van der Waals surface area contributed by atoms with Gasteiger partial charge in [-0.3, -0.25) is 4.79 Å². The molecule has 0 aliphatic rings. The molecule has 1 aromatic carbocycles. The first kappa shape index (κ1) is 16.5. The molecule has 0 fully saturated rings. The number of nitrogens with one attached hydrogen (secondary N) is 1. The summed E-state index contributed by atoms with van der Waals surface area (Å²) in [4.78, 5) is 12.9. The van der Waals surface area contributed by atoms with Crippen LogP contribution in [0.2, 0.25) is 0 Å². The monoisotopic (exact) mass is 292 g/mol. The van der Waals surface area contributed by atoms with Crippen LogP contribution in [0.4, 0.5) is 0 Å². The first-order valence-electron chi connectivity index (χ1n) is 6.59. The number of amides is 1. The summed E-state index contributed by atoms with van der Waals surface area (Å²) in [6, 6.07) is 9.19. The summed E-state index contributed by atoms with van der Waals surface area (Å²) in [5, 5.41) is 21.0. The van der Waals surface area contributed by atoms with E-state index in [4.69, 9.17) is 5.26 Å². The molecule has 108 valence electrons. The van der Waals surface area contributed by atoms with E-state index in [1.807, 2.05) is 19.9 Å². The molecule has 2 N–H and O–H groups in total. The summed E-state index contributed by atoms with van der Waals surface area (Å²) in [6.07, 6.45) is 0.147. The Morgan fingerprint density at radius 3 is 2.90 bits per heavy atom. The summed E-state index contributed by atoms with van der Waals surface area (Å²) in [6.45, 7) is 4.31. The summed E-state index contributed by atoms with van der Waals surface area (Å²) >= 11 is 1.39. The third kappa shape index (κ3) is 6.09. The normalized spacial score (nSPS) is 11.9. The van der Waals surface area contributed by atoms with Gasteiger partial charge < -0.3 is 10.4 Å². The van der Waals surface area contributed by atoms with Crippen molar-refractivity contribution in [2.75, 3.05) is 12.3 Å². The molecule has 1 amide bonds. The molecule has 1 atom stereocenters. The number of carbonyl (C=O) groups is 1. The van der Waals surface area contributed by atoms with Crippen molar-refractivity contribution in [1.29, 1.82) is 5.26 Å². The van der Waals surface area contributed by atoms with Crippen LogP contribution in [0.1, 0.15) is 30.6 Å². The van der Waals surface area contributed by atoms with Gasteiger partial charge in [-0.2, -0.15) is 5.26 Å². The third-order valence-corrected chi connectivity index (χ3v) is 3.50. The number of carbonyl (C=O) groups excluding carboxylic acids is 1. The van der Waals surface area contributed by atoms with Crippen LogP contribution >= 0.6 is 11.8 Å². The van der Waals surface area contributed by atoms with Crippen LogP contribution in [0, 0.1) is 17.2 Å². The lowest BCUT2D eigenvalue weighted by molar-refractivity contribution is 0.0900. The van der Waals surface area contributed by atoms with E-state index in [0.717, 1.165) is 4.90 Å². The molecule has 4 nitrogen and oxygen atoms in total. The van der Waals surface area contributed by atoms with Crippen LogP contribution in [0.15, 0.2) is 29.2 Å². The molecule has 5 heteroatoms. The van der Waals surface area contributed by atoms with E-state index >= 15 is 0 Å². The number of aliphatic hydroxyl groups is 1. The minimum atomic E-state index is -0.518. The number of thioether (sulfide) groups is 1. The first-order chi connectivity index (χ1) is 9.52. The van der Waals surface area contributed by atoms with Crippen LogP contribution in [0.3, 0.4) is 0 Å². The highest BCUT2D eigenvalue weighted by Crippen LogP contribution is 2.18. The second kappa shape index (κ2) is 8.62. The molecule has 0 saturated carbocycles. The molecule has 0 radical (unpaired) electrons. The minimum absolute atomic E-state index is 0.202. The Bertz CT molecular complexity index is 483. The number of hydrogen-bond acceptors (Lipinski definition) is 4. The van der Waals surface area contributed by atoms with E-state index in [1.165, 1.54) is 11.8 Å². The summed E-state index contributed by atoms with van der Waals surface area (Å²) in [5.74, 6) is 0.554. The second-order valence-corrected chi connectivity index (χ2v) is 6.02. The van der Waals surface area contributed by atoms with Crippen molar-refractivity contribution in [3.8, 4) is 6.07 Å². The maximum atomic E-state index is 12.0. The fourth-order valence-corrected chi connectivity index (χ4v) is 2.40. The van der Waals surface area contributed by atoms with E-state index in [0.29, 0.717) is 23.7 Å². The average molecular weight is 292 g/mol. The third-order valence-electron chi connectivity index (χ3n) is 2.64. The molecule has 0 spiro atoms. The minimum Gasteiger partial charge on any atom is -0.391 e. The molecule has 1 unspecified atom stereocenters. The standard InChI is InChI=1S/C15H20N2O2S/c1-11(2)8-13(18)10-17-15(19)12-4-3-5-14(9-12)20-7-6-16/h3-5,9,11,13,18H,7-8,10H2,1-2H3,(H,17,19). The summed E-state index contributed by atoms with van der Waals surface area (Å²) in [7, 11) is 0. The number of benzene rings is 1. The predicted molar refractivity (Wildman–Crippen MR) is 80.6 cm³/mol. The lowest BCUT2D eigenvalue weighted by Crippen LogP contribution is -2.32. The van der Waals surface area contributed by atoms with Crippen LogP contribution in [0.5, 0.6) is 0 Å². The van der Waals surface area contributed by atoms with Gasteiger partial charge in [0.15, 0.2) is 0 Å². The van der Waals surface area contributed by atoms with Gasteiger partial charge in [0.05, 0.1) is 17.9 Å². The van der Waals surface area contributed by atoms with Crippen molar-refractivity contribution in [1.82, 2.24) is 5.32 Å². The van der Waals surface area contributed by atoms with E-state index in [2.05, 4.69) is 11.4 Å². The van der Waals surface area contributed by atoms with Crippen molar-refractivity contribution in [2.24, 2.45) is 5.92 Å². The molecule has 0 heterocycles. The van der Waals surface area contributed by atoms with Crippen LogP contribution in [0.25, 0.3) is 0 Å². The van der Waals surface area contributed by atoms with Crippen LogP contribution in [-0.4, -0.2) is 29.4 Å². The highest BCUT2D eigenvalue weighted by atomic mass is 32.2. The zero-order valence-corrected chi connectivity index (χ0v) is 12.6. The highest BCUT2D eigenvalue weighted by molar-refractivity contribution is 7.99. The lowest BCUT2D eigenvalue weighted by Gasteiger charge is -2.14. The van der Waals surface area contributed by atoms with E-state index < -0.39 is 6.10 Å². The number of nitrogens with zero attached hydrogens (tertiary/aromatic N) is 1. The molecular formula is C15H20N2O2S. The number of nitriles is 1. The van der Waals surface area contributed by atoms with Crippen molar-refractivity contribution >= 4 is 17.7 Å². The summed E-state index contributed by atoms with van der Waals surface area (Å²) in [5.41, 5.74) is 0.546. The van der Waals surface area contributed by atoms with Crippen molar-refractivity contribution in [3.63, 3.8) is 0 Å². The smallest absolute Gasteiger partial charge is 0.251 e. The fourth-order valence-electron chi connectivity index (χ4n) is 1.78. The summed E-state index contributed by atoms with van der Waals surface area (Å²) < 4.78 is 0. The first-order valence-corrected chi connectivity index (χ1v) is 7.57. The van der Waals surface area contributed by atoms with Gasteiger partial charge in [0.25, 0.3) is 5.91 Å². The highest BCUT2D eigenvalue weighted by Gasteiger charge is 2.10. The van der Waals surface area contributed by atoms with Crippen molar-refractivity contribution < 1.29 is 9.90 Å². The van der Waals surface area contributed by atoms with Crippen LogP contribution < -0.4 is 5.32 Å². The van der Waals surface area contributed by atoms with Gasteiger partial charge >= 0.3 is 0 Å². The molecule has 20 heavy (non-hydrogen) atoms. The van der Waals surface area contributed by atoms with Gasteiger partial charge in [0, 0.05) is 17.0 Å². The van der Waals surface area contributed by atoms with Gasteiger partial charge in [-0.05, 0) is 30.5 Å². The topological polar surface area (TPSA) is 73.1 Å². The van der Waals surface area contributed by atoms with Gasteiger partial charge in [-0.1, -0.05) is 19.9 Å². The van der Waals surface area contributed by atoms with Crippen molar-refractivity contribution in [2.45, 2.75) is 31.3 Å². The number of hydrogen-bond donors (Lipinski definition) is 2.